The molecule has 0 radical (unpaired) electrons. The number of aromatic amines is 1. The lowest BCUT2D eigenvalue weighted by Gasteiger charge is -2.33. The third-order valence-electron chi connectivity index (χ3n) is 6.42. The van der Waals surface area contributed by atoms with Crippen molar-refractivity contribution >= 4 is 28.7 Å². The van der Waals surface area contributed by atoms with Gasteiger partial charge in [0.2, 0.25) is 5.78 Å². The maximum atomic E-state index is 13.0. The van der Waals surface area contributed by atoms with Crippen molar-refractivity contribution in [1.82, 2.24) is 24.5 Å². The van der Waals surface area contributed by atoms with Gasteiger partial charge in [0.25, 0.3) is 0 Å². The minimum absolute atomic E-state index is 0.0544. The van der Waals surface area contributed by atoms with E-state index in [1.807, 2.05) is 12.1 Å². The zero-order chi connectivity index (χ0) is 23.2. The second-order valence-corrected chi connectivity index (χ2v) is 8.45. The Bertz CT molecular complexity index is 1500. The van der Waals surface area contributed by atoms with E-state index in [4.69, 9.17) is 4.74 Å². The molecule has 1 N–H and O–H groups in total. The van der Waals surface area contributed by atoms with Gasteiger partial charge in [-0.3, -0.25) is 19.1 Å². The third-order valence-corrected chi connectivity index (χ3v) is 6.42. The van der Waals surface area contributed by atoms with Gasteiger partial charge in [-0.05, 0) is 31.0 Å². The van der Waals surface area contributed by atoms with Gasteiger partial charge in [-0.2, -0.15) is 0 Å². The first-order valence-corrected chi connectivity index (χ1v) is 11.1. The lowest BCUT2D eigenvalue weighted by Crippen LogP contribution is -2.37. The number of rotatable bonds is 4. The summed E-state index contributed by atoms with van der Waals surface area (Å²) in [4.78, 5) is 54.7. The molecule has 1 aromatic carbocycles. The van der Waals surface area contributed by atoms with E-state index in [0.717, 1.165) is 23.9 Å². The summed E-state index contributed by atoms with van der Waals surface area (Å²) < 4.78 is 6.95. The topological polar surface area (TPSA) is 123 Å². The Hall–Kier alpha value is -4.34. The average molecular weight is 456 g/mol. The Morgan fingerprint density at radius 1 is 1.06 bits per heavy atom. The second-order valence-electron chi connectivity index (χ2n) is 8.45. The van der Waals surface area contributed by atoms with E-state index >= 15 is 0 Å². The van der Waals surface area contributed by atoms with E-state index in [1.165, 1.54) is 6.33 Å². The Balaban J connectivity index is 1.20. The molecule has 10 heteroatoms. The van der Waals surface area contributed by atoms with Crippen molar-refractivity contribution in [3.05, 3.63) is 76.2 Å². The summed E-state index contributed by atoms with van der Waals surface area (Å²) in [7, 11) is 0. The third kappa shape index (κ3) is 3.43. The number of nitrogens with zero attached hydrogens (tertiary/aromatic N) is 5. The highest BCUT2D eigenvalue weighted by Gasteiger charge is 2.26. The maximum Gasteiger partial charge on any atom is 0.327 e. The Morgan fingerprint density at radius 3 is 2.76 bits per heavy atom. The van der Waals surface area contributed by atoms with Crippen molar-refractivity contribution in [2.45, 2.75) is 25.3 Å². The highest BCUT2D eigenvalue weighted by atomic mass is 16.5. The summed E-state index contributed by atoms with van der Waals surface area (Å²) in [6.45, 7) is 1.37. The van der Waals surface area contributed by atoms with E-state index in [1.54, 1.807) is 35.0 Å². The van der Waals surface area contributed by atoms with Crippen LogP contribution in [0.2, 0.25) is 0 Å². The molecule has 0 unspecified atom stereocenters. The molecule has 0 saturated carbocycles. The van der Waals surface area contributed by atoms with Crippen LogP contribution in [0.1, 0.15) is 40.5 Å². The van der Waals surface area contributed by atoms with Crippen LogP contribution in [0.4, 0.5) is 5.82 Å². The van der Waals surface area contributed by atoms with Crippen LogP contribution in [0.5, 0.6) is 5.75 Å². The van der Waals surface area contributed by atoms with Gasteiger partial charge in [0.1, 0.15) is 23.6 Å². The number of H-pyrrole nitrogens is 1. The molecule has 6 rings (SSSR count). The first-order chi connectivity index (χ1) is 16.6. The number of ketones is 1. The fourth-order valence-corrected chi connectivity index (χ4v) is 4.72. The van der Waals surface area contributed by atoms with Gasteiger partial charge in [-0.15, -0.1) is 0 Å². The highest BCUT2D eigenvalue weighted by molar-refractivity contribution is 6.08. The minimum atomic E-state index is -0.321. The molecule has 10 nitrogen and oxygen atoms in total. The summed E-state index contributed by atoms with van der Waals surface area (Å²) in [6, 6.07) is 10.5. The predicted molar refractivity (Wildman–Crippen MR) is 122 cm³/mol. The van der Waals surface area contributed by atoms with E-state index in [2.05, 4.69) is 24.8 Å². The molecule has 2 aliphatic rings. The van der Waals surface area contributed by atoms with E-state index < -0.39 is 0 Å². The van der Waals surface area contributed by atoms with Crippen molar-refractivity contribution < 1.29 is 14.3 Å². The van der Waals surface area contributed by atoms with Crippen LogP contribution < -0.4 is 15.3 Å². The fraction of sp³-hybridized carbons (Fsp3) is 0.250. The molecule has 0 amide bonds. The normalized spacial score (nSPS) is 16.0. The number of piperidine rings is 1. The van der Waals surface area contributed by atoms with Crippen LogP contribution in [0.3, 0.4) is 0 Å². The molecular formula is C24H20N6O4. The second kappa shape index (κ2) is 7.91. The summed E-state index contributed by atoms with van der Waals surface area (Å²) in [5, 5.41) is 0. The number of imidazole rings is 1. The average Bonchev–Trinajstić information content (AvgIpc) is 3.41. The molecule has 5 heterocycles. The molecular weight excluding hydrogens is 436 g/mol. The number of hydrogen-bond donors (Lipinski definition) is 1. The van der Waals surface area contributed by atoms with Crippen LogP contribution >= 0.6 is 0 Å². The zero-order valence-electron chi connectivity index (χ0n) is 18.1. The van der Waals surface area contributed by atoms with Gasteiger partial charge < -0.3 is 9.64 Å². The Morgan fingerprint density at radius 2 is 1.91 bits per heavy atom. The number of pyridine rings is 1. The number of anilines is 1. The van der Waals surface area contributed by atoms with E-state index in [9.17, 15) is 14.4 Å². The van der Waals surface area contributed by atoms with Gasteiger partial charge in [-0.1, -0.05) is 12.1 Å². The van der Waals surface area contributed by atoms with E-state index in [-0.39, 0.29) is 35.6 Å². The van der Waals surface area contributed by atoms with Crippen molar-refractivity contribution in [2.75, 3.05) is 18.0 Å². The predicted octanol–water partition coefficient (Wildman–Crippen LogP) is 2.05. The van der Waals surface area contributed by atoms with Crippen LogP contribution in [-0.4, -0.2) is 49.3 Å². The number of esters is 1. The monoisotopic (exact) mass is 456 g/mol. The summed E-state index contributed by atoms with van der Waals surface area (Å²) in [5.74, 6) is 0.507. The van der Waals surface area contributed by atoms with Gasteiger partial charge >= 0.3 is 11.7 Å². The molecule has 2 aliphatic heterocycles. The highest BCUT2D eigenvalue weighted by Crippen LogP contribution is 2.29. The molecule has 170 valence electrons. The molecule has 0 bridgehead atoms. The fourth-order valence-electron chi connectivity index (χ4n) is 4.72. The smallest absolute Gasteiger partial charge is 0.327 e. The van der Waals surface area contributed by atoms with Gasteiger partial charge in [0.15, 0.2) is 5.65 Å². The molecule has 0 aliphatic carbocycles. The van der Waals surface area contributed by atoms with Crippen molar-refractivity contribution in [3.8, 4) is 5.75 Å². The number of ether oxygens (including phenoxy) is 1. The molecule has 34 heavy (non-hydrogen) atoms. The SMILES string of the molecule is O=C1Cc2ccc(C(=O)c3cc(N4CCC(n5c(=O)[nH]c6ncccc65)CC4)ncn3)cc2O1. The zero-order valence-corrected chi connectivity index (χ0v) is 18.1. The number of fused-ring (bicyclic) bond motifs is 2. The lowest BCUT2D eigenvalue weighted by molar-refractivity contribution is -0.131. The minimum Gasteiger partial charge on any atom is -0.426 e. The van der Waals surface area contributed by atoms with Crippen LogP contribution in [0.15, 0.2) is 53.7 Å². The largest absolute Gasteiger partial charge is 0.426 e. The number of carbonyl (C=O) groups is 2. The molecule has 1 saturated heterocycles. The molecule has 3 aromatic heterocycles. The van der Waals surface area contributed by atoms with Gasteiger partial charge in [0.05, 0.1) is 11.9 Å². The molecule has 0 spiro atoms. The maximum absolute atomic E-state index is 13.0. The summed E-state index contributed by atoms with van der Waals surface area (Å²) in [5.41, 5.74) is 2.70. The lowest BCUT2D eigenvalue weighted by atomic mass is 10.0. The Kier molecular flexibility index (Phi) is 4.72. The van der Waals surface area contributed by atoms with Crippen LogP contribution in [0, 0.1) is 0 Å². The van der Waals surface area contributed by atoms with Crippen molar-refractivity contribution in [2.24, 2.45) is 0 Å². The quantitative estimate of drug-likeness (QED) is 0.281. The molecule has 1 fully saturated rings. The van der Waals surface area contributed by atoms with E-state index in [0.29, 0.717) is 35.9 Å². The number of benzene rings is 1. The number of aromatic nitrogens is 5. The molecule has 0 atom stereocenters. The van der Waals surface area contributed by atoms with Gasteiger partial charge in [-0.25, -0.2) is 19.7 Å². The summed E-state index contributed by atoms with van der Waals surface area (Å²) in [6.07, 6.45) is 4.78. The van der Waals surface area contributed by atoms with Gasteiger partial charge in [0, 0.05) is 42.5 Å². The first-order valence-electron chi connectivity index (χ1n) is 11.1. The van der Waals surface area contributed by atoms with Crippen LogP contribution in [0.25, 0.3) is 11.2 Å². The molecule has 4 aromatic rings. The number of hydrogen-bond acceptors (Lipinski definition) is 8. The first kappa shape index (κ1) is 20.3. The standard InChI is InChI=1S/C24H20N6O4/c31-21-11-14-3-4-15(10-19(14)34-21)22(32)17-12-20(27-13-26-17)29-8-5-16(6-9-29)30-18-2-1-7-25-23(18)28-24(30)33/h1-4,7,10,12-13,16H,5-6,8-9,11H2,(H,25,28,33). The number of nitrogens with one attached hydrogen (secondary N) is 1. The number of carbonyl (C=O) groups excluding carboxylic acids is 2. The Labute approximate surface area is 193 Å². The van der Waals surface area contributed by atoms with Crippen molar-refractivity contribution in [1.29, 1.82) is 0 Å². The van der Waals surface area contributed by atoms with Crippen molar-refractivity contribution in [3.63, 3.8) is 0 Å². The van der Waals surface area contributed by atoms with Crippen LogP contribution in [-0.2, 0) is 11.2 Å². The summed E-state index contributed by atoms with van der Waals surface area (Å²) >= 11 is 0.